The molecule has 1 saturated heterocycles. The number of carbonyl (C=O) groups excluding carboxylic acids is 1. The van der Waals surface area contributed by atoms with Gasteiger partial charge in [0.25, 0.3) is 5.89 Å². The number of nitrogens with zero attached hydrogens (tertiary/aromatic N) is 3. The first kappa shape index (κ1) is 18.0. The van der Waals surface area contributed by atoms with Crippen LogP contribution in [0.2, 0.25) is 0 Å². The molecule has 1 aromatic heterocycles. The number of amides is 2. The van der Waals surface area contributed by atoms with Gasteiger partial charge in [-0.2, -0.15) is 4.98 Å². The molecule has 0 unspecified atom stereocenters. The molecule has 0 spiro atoms. The van der Waals surface area contributed by atoms with Gasteiger partial charge in [0.2, 0.25) is 5.82 Å². The lowest BCUT2D eigenvalue weighted by Crippen LogP contribution is -2.59. The van der Waals surface area contributed by atoms with Crippen molar-refractivity contribution in [1.82, 2.24) is 20.4 Å². The van der Waals surface area contributed by atoms with Crippen LogP contribution in [0.15, 0.2) is 59.1 Å². The van der Waals surface area contributed by atoms with E-state index in [1.54, 1.807) is 4.90 Å². The summed E-state index contributed by atoms with van der Waals surface area (Å²) in [6, 6.07) is 17.3. The fraction of sp³-hybridized carbons (Fsp3) is 0.286. The second-order valence-electron chi connectivity index (χ2n) is 7.03. The van der Waals surface area contributed by atoms with Gasteiger partial charge in [0.1, 0.15) is 11.9 Å². The van der Waals surface area contributed by atoms with Crippen LogP contribution in [0, 0.1) is 0 Å². The number of aromatic nitrogens is 2. The van der Waals surface area contributed by atoms with Crippen LogP contribution in [0.4, 0.5) is 4.79 Å². The number of benzene rings is 2. The van der Waals surface area contributed by atoms with E-state index >= 15 is 0 Å². The minimum absolute atomic E-state index is 0.0597. The van der Waals surface area contributed by atoms with Crippen LogP contribution in [0.3, 0.4) is 0 Å². The van der Waals surface area contributed by atoms with Crippen molar-refractivity contribution >= 4 is 6.03 Å². The van der Waals surface area contributed by atoms with E-state index in [1.807, 2.05) is 68.4 Å². The summed E-state index contributed by atoms with van der Waals surface area (Å²) in [5, 5.41) is 6.96. The largest absolute Gasteiger partial charge is 0.486 e. The minimum atomic E-state index is -0.0625. The van der Waals surface area contributed by atoms with Gasteiger partial charge in [0.05, 0.1) is 18.7 Å². The van der Waals surface area contributed by atoms with Gasteiger partial charge in [-0.05, 0) is 26.0 Å². The lowest BCUT2D eigenvalue weighted by molar-refractivity contribution is 0.0441. The fourth-order valence-corrected chi connectivity index (χ4v) is 2.98. The zero-order valence-electron chi connectivity index (χ0n) is 15.8. The summed E-state index contributed by atoms with van der Waals surface area (Å²) in [5.74, 6) is 1.61. The summed E-state index contributed by atoms with van der Waals surface area (Å²) in [4.78, 5) is 18.2. The van der Waals surface area contributed by atoms with E-state index in [1.165, 1.54) is 0 Å². The van der Waals surface area contributed by atoms with E-state index in [0.29, 0.717) is 30.6 Å². The lowest BCUT2D eigenvalue weighted by Gasteiger charge is -2.39. The summed E-state index contributed by atoms with van der Waals surface area (Å²) in [6.45, 7) is 4.98. The van der Waals surface area contributed by atoms with Crippen LogP contribution in [0.25, 0.3) is 22.8 Å². The van der Waals surface area contributed by atoms with E-state index in [4.69, 9.17) is 9.26 Å². The molecule has 2 heterocycles. The second-order valence-corrected chi connectivity index (χ2v) is 7.03. The summed E-state index contributed by atoms with van der Waals surface area (Å²) >= 11 is 0. The van der Waals surface area contributed by atoms with Gasteiger partial charge in [0, 0.05) is 11.6 Å². The molecule has 1 aliphatic rings. The highest BCUT2D eigenvalue weighted by Gasteiger charge is 2.33. The maximum Gasteiger partial charge on any atom is 0.317 e. The van der Waals surface area contributed by atoms with Gasteiger partial charge in [-0.1, -0.05) is 47.6 Å². The van der Waals surface area contributed by atoms with Gasteiger partial charge < -0.3 is 19.5 Å². The lowest BCUT2D eigenvalue weighted by atomic mass is 10.1. The van der Waals surface area contributed by atoms with Crippen LogP contribution in [0.5, 0.6) is 5.75 Å². The molecular formula is C21H22N4O3. The molecule has 0 aliphatic carbocycles. The Morgan fingerprint density at radius 1 is 1.14 bits per heavy atom. The third-order valence-electron chi connectivity index (χ3n) is 4.42. The molecule has 4 rings (SSSR count). The maximum atomic E-state index is 12.0. The monoisotopic (exact) mass is 378 g/mol. The third-order valence-corrected chi connectivity index (χ3v) is 4.42. The first-order chi connectivity index (χ1) is 13.6. The first-order valence-corrected chi connectivity index (χ1v) is 9.31. The van der Waals surface area contributed by atoms with E-state index in [9.17, 15) is 4.79 Å². The Balaban J connectivity index is 1.46. The molecule has 7 nitrogen and oxygen atoms in total. The second kappa shape index (κ2) is 7.72. The molecule has 2 aromatic carbocycles. The molecule has 28 heavy (non-hydrogen) atoms. The van der Waals surface area contributed by atoms with Crippen molar-refractivity contribution in [3.8, 4) is 28.6 Å². The van der Waals surface area contributed by atoms with Crippen molar-refractivity contribution in [3.05, 3.63) is 54.6 Å². The molecule has 1 N–H and O–H groups in total. The van der Waals surface area contributed by atoms with Gasteiger partial charge in [-0.25, -0.2) is 4.79 Å². The Morgan fingerprint density at radius 3 is 2.61 bits per heavy atom. The highest BCUT2D eigenvalue weighted by Crippen LogP contribution is 2.31. The van der Waals surface area contributed by atoms with Crippen molar-refractivity contribution in [2.75, 3.05) is 13.1 Å². The van der Waals surface area contributed by atoms with Crippen molar-refractivity contribution in [2.24, 2.45) is 0 Å². The highest BCUT2D eigenvalue weighted by atomic mass is 16.5. The van der Waals surface area contributed by atoms with Crippen LogP contribution in [-0.4, -0.2) is 46.3 Å². The van der Waals surface area contributed by atoms with Gasteiger partial charge in [-0.3, -0.25) is 0 Å². The Morgan fingerprint density at radius 2 is 1.86 bits per heavy atom. The van der Waals surface area contributed by atoms with E-state index in [2.05, 4.69) is 15.5 Å². The molecule has 1 aliphatic heterocycles. The van der Waals surface area contributed by atoms with Gasteiger partial charge >= 0.3 is 6.03 Å². The zero-order valence-corrected chi connectivity index (χ0v) is 15.8. The van der Waals surface area contributed by atoms with E-state index in [-0.39, 0.29) is 18.2 Å². The number of para-hydroxylation sites is 1. The summed E-state index contributed by atoms with van der Waals surface area (Å²) in [5.41, 5.74) is 1.63. The SMILES string of the molecule is CC(C)NC(=O)N1CC(Oc2ccccc2-c2nc(-c3ccccc3)no2)C1. The van der Waals surface area contributed by atoms with Crippen LogP contribution < -0.4 is 10.1 Å². The summed E-state index contributed by atoms with van der Waals surface area (Å²) < 4.78 is 11.6. The number of urea groups is 1. The minimum Gasteiger partial charge on any atom is -0.486 e. The number of carbonyl (C=O) groups is 1. The van der Waals surface area contributed by atoms with Gasteiger partial charge in [-0.15, -0.1) is 0 Å². The van der Waals surface area contributed by atoms with E-state index in [0.717, 1.165) is 11.1 Å². The molecule has 0 atom stereocenters. The van der Waals surface area contributed by atoms with Gasteiger partial charge in [0.15, 0.2) is 0 Å². The predicted molar refractivity (Wildman–Crippen MR) is 105 cm³/mol. The molecule has 1 fully saturated rings. The number of hydrogen-bond acceptors (Lipinski definition) is 5. The molecule has 2 amide bonds. The highest BCUT2D eigenvalue weighted by molar-refractivity contribution is 5.75. The smallest absolute Gasteiger partial charge is 0.317 e. The Kier molecular flexibility index (Phi) is 4.97. The van der Waals surface area contributed by atoms with Crippen LogP contribution in [-0.2, 0) is 0 Å². The Bertz CT molecular complexity index is 949. The average molecular weight is 378 g/mol. The van der Waals surface area contributed by atoms with Crippen LogP contribution >= 0.6 is 0 Å². The molecule has 0 saturated carbocycles. The molecular weight excluding hydrogens is 356 g/mol. The zero-order chi connectivity index (χ0) is 19.5. The summed E-state index contributed by atoms with van der Waals surface area (Å²) in [7, 11) is 0. The Labute approximate surface area is 163 Å². The number of rotatable bonds is 5. The molecule has 0 bridgehead atoms. The average Bonchev–Trinajstić information content (AvgIpc) is 3.14. The number of nitrogens with one attached hydrogen (secondary N) is 1. The molecule has 7 heteroatoms. The number of likely N-dealkylation sites (tertiary alicyclic amines) is 1. The van der Waals surface area contributed by atoms with Crippen molar-refractivity contribution in [3.63, 3.8) is 0 Å². The van der Waals surface area contributed by atoms with Crippen molar-refractivity contribution < 1.29 is 14.1 Å². The van der Waals surface area contributed by atoms with Crippen molar-refractivity contribution in [2.45, 2.75) is 26.0 Å². The fourth-order valence-electron chi connectivity index (χ4n) is 2.98. The van der Waals surface area contributed by atoms with Crippen molar-refractivity contribution in [1.29, 1.82) is 0 Å². The predicted octanol–water partition coefficient (Wildman–Crippen LogP) is 3.58. The normalized spacial score (nSPS) is 14.0. The third kappa shape index (κ3) is 3.83. The Hall–Kier alpha value is -3.35. The topological polar surface area (TPSA) is 80.5 Å². The molecule has 144 valence electrons. The number of hydrogen-bond donors (Lipinski definition) is 1. The number of ether oxygens (including phenoxy) is 1. The first-order valence-electron chi connectivity index (χ1n) is 9.31. The maximum absolute atomic E-state index is 12.0. The molecule has 3 aromatic rings. The van der Waals surface area contributed by atoms with Crippen LogP contribution in [0.1, 0.15) is 13.8 Å². The molecule has 0 radical (unpaired) electrons. The summed E-state index contributed by atoms with van der Waals surface area (Å²) in [6.07, 6.45) is -0.0597. The standard InChI is InChI=1S/C21H22N4O3/c1-14(2)22-21(26)25-12-16(13-25)27-18-11-7-6-10-17(18)20-23-19(24-28-20)15-8-4-3-5-9-15/h3-11,14,16H,12-13H2,1-2H3,(H,22,26). The quantitative estimate of drug-likeness (QED) is 0.734. The van der Waals surface area contributed by atoms with E-state index < -0.39 is 0 Å².